The van der Waals surface area contributed by atoms with Crippen molar-refractivity contribution < 1.29 is 28.9 Å². The van der Waals surface area contributed by atoms with Crippen molar-refractivity contribution >= 4 is 23.1 Å². The van der Waals surface area contributed by atoms with Crippen molar-refractivity contribution in [3.05, 3.63) is 44.0 Å². The minimum atomic E-state index is -1.26. The van der Waals surface area contributed by atoms with Gasteiger partial charge in [0.2, 0.25) is 0 Å². The molecule has 5 rings (SSSR count). The first-order chi connectivity index (χ1) is 16.0. The van der Waals surface area contributed by atoms with Crippen molar-refractivity contribution in [3.63, 3.8) is 0 Å². The first-order valence-electron chi connectivity index (χ1n) is 11.9. The number of hydrogen-bond acceptors (Lipinski definition) is 8. The number of nitrogens with zero attached hydrogens (tertiary/aromatic N) is 2. The molecule has 1 aromatic carbocycles. The predicted octanol–water partition coefficient (Wildman–Crippen LogP) is 4.92. The van der Waals surface area contributed by atoms with Crippen molar-refractivity contribution in [2.75, 3.05) is 0 Å². The van der Waals surface area contributed by atoms with Crippen LogP contribution < -0.4 is 0 Å². The predicted molar refractivity (Wildman–Crippen MR) is 123 cm³/mol. The monoisotopic (exact) mass is 486 g/mol. The Balaban J connectivity index is 1.61. The minimum Gasteiger partial charge on any atom is -0.452 e. The molecule has 35 heavy (non-hydrogen) atoms. The van der Waals surface area contributed by atoms with Crippen LogP contribution in [0.25, 0.3) is 0 Å². The number of epoxide rings is 1. The Morgan fingerprint density at radius 2 is 1.49 bits per heavy atom. The quantitative estimate of drug-likeness (QED) is 0.253. The molecule has 10 heteroatoms. The summed E-state index contributed by atoms with van der Waals surface area (Å²) in [7, 11) is 0. The molecule has 4 fully saturated rings. The Morgan fingerprint density at radius 3 is 2.06 bits per heavy atom. The van der Waals surface area contributed by atoms with E-state index in [9.17, 15) is 29.8 Å². The number of nitro benzene ring substituents is 2. The molecule has 1 heterocycles. The molecule has 3 saturated carbocycles. The lowest BCUT2D eigenvalue weighted by Crippen LogP contribution is -2.69. The molecule has 0 N–H and O–H groups in total. The summed E-state index contributed by atoms with van der Waals surface area (Å²) in [5.41, 5.74) is -5.43. The van der Waals surface area contributed by atoms with E-state index in [1.807, 2.05) is 13.8 Å². The Morgan fingerprint density at radius 1 is 0.886 bits per heavy atom. The zero-order valence-electron chi connectivity index (χ0n) is 20.6. The molecule has 0 amide bonds. The Labute approximate surface area is 202 Å². The van der Waals surface area contributed by atoms with Crippen LogP contribution in [-0.4, -0.2) is 38.4 Å². The molecule has 188 valence electrons. The molecule has 1 aromatic rings. The van der Waals surface area contributed by atoms with E-state index < -0.39 is 44.0 Å². The molecule has 1 saturated heterocycles. The van der Waals surface area contributed by atoms with Crippen molar-refractivity contribution in [1.29, 1.82) is 0 Å². The van der Waals surface area contributed by atoms with Gasteiger partial charge in [0, 0.05) is 18.6 Å². The molecule has 3 aliphatic carbocycles. The van der Waals surface area contributed by atoms with Gasteiger partial charge < -0.3 is 9.47 Å². The molecule has 0 unspecified atom stereocenters. The number of benzene rings is 1. The van der Waals surface area contributed by atoms with E-state index in [0.717, 1.165) is 24.6 Å². The van der Waals surface area contributed by atoms with Crippen LogP contribution in [0.3, 0.4) is 0 Å². The fraction of sp³-hybridized carbons (Fsp3) is 0.680. The molecule has 0 radical (unpaired) electrons. The topological polar surface area (TPSA) is 142 Å². The highest BCUT2D eigenvalue weighted by molar-refractivity contribution is 5.97. The van der Waals surface area contributed by atoms with Crippen molar-refractivity contribution in [1.82, 2.24) is 0 Å². The van der Waals surface area contributed by atoms with Gasteiger partial charge in [-0.3, -0.25) is 25.0 Å². The summed E-state index contributed by atoms with van der Waals surface area (Å²) in [6.07, 6.45) is 3.36. The Bertz CT molecular complexity index is 1170. The van der Waals surface area contributed by atoms with Gasteiger partial charge >= 0.3 is 5.97 Å². The number of ketones is 1. The summed E-state index contributed by atoms with van der Waals surface area (Å²) in [6.45, 7) is 10.4. The van der Waals surface area contributed by atoms with Crippen LogP contribution >= 0.6 is 0 Å². The molecule has 10 nitrogen and oxygen atoms in total. The number of Topliss-reactive ketones (excluding diaryl/α,β-unsaturated/α-hetero) is 1. The lowest BCUT2D eigenvalue weighted by Gasteiger charge is -2.59. The smallest absolute Gasteiger partial charge is 0.339 e. The van der Waals surface area contributed by atoms with Crippen molar-refractivity contribution in [2.45, 2.75) is 89.9 Å². The number of carbonyl (C=O) groups excluding carboxylic acids is 2. The highest BCUT2D eigenvalue weighted by Gasteiger charge is 2.90. The second-order valence-corrected chi connectivity index (χ2v) is 13.0. The largest absolute Gasteiger partial charge is 0.452 e. The maximum atomic E-state index is 13.7. The van der Waals surface area contributed by atoms with E-state index >= 15 is 0 Å². The van der Waals surface area contributed by atoms with Crippen LogP contribution in [0.2, 0.25) is 0 Å². The third-order valence-corrected chi connectivity index (χ3v) is 8.33. The third-order valence-electron chi connectivity index (χ3n) is 8.33. The fourth-order valence-corrected chi connectivity index (χ4v) is 8.29. The lowest BCUT2D eigenvalue weighted by molar-refractivity contribution is -0.394. The Kier molecular flexibility index (Phi) is 4.54. The normalized spacial score (nSPS) is 38.0. The van der Waals surface area contributed by atoms with Gasteiger partial charge in [-0.05, 0) is 48.3 Å². The molecule has 2 bridgehead atoms. The minimum absolute atomic E-state index is 0.0775. The number of fused-ring (bicyclic) bond motifs is 2. The number of rotatable bonds is 4. The van der Waals surface area contributed by atoms with Gasteiger partial charge in [-0.2, -0.15) is 0 Å². The van der Waals surface area contributed by atoms with Crippen LogP contribution in [0, 0.1) is 36.5 Å². The van der Waals surface area contributed by atoms with Gasteiger partial charge in [0.05, 0.1) is 21.5 Å². The fourth-order valence-electron chi connectivity index (χ4n) is 8.29. The van der Waals surface area contributed by atoms with E-state index in [4.69, 9.17) is 9.47 Å². The van der Waals surface area contributed by atoms with Crippen molar-refractivity contribution in [3.8, 4) is 0 Å². The molecule has 0 spiro atoms. The summed E-state index contributed by atoms with van der Waals surface area (Å²) in [4.78, 5) is 48.4. The highest BCUT2D eigenvalue weighted by Crippen LogP contribution is 2.77. The molecule has 4 aliphatic rings. The molecule has 1 aliphatic heterocycles. The first kappa shape index (κ1) is 23.8. The van der Waals surface area contributed by atoms with Crippen molar-refractivity contribution in [2.24, 2.45) is 16.2 Å². The lowest BCUT2D eigenvalue weighted by atomic mass is 9.44. The standard InChI is InChI=1S/C25H30N2O8/c1-20(2)9-18(28)25-23(12-21(3,4)10-22(5,13-23)14-24(25,11-20)35-25)34-19(29)15-6-16(26(30)31)8-17(7-15)27(32)33/h6-8H,9-14H2,1-5H3/t22-,23+,24+,25-/m1/s1. The van der Waals surface area contributed by atoms with Gasteiger partial charge in [0.1, 0.15) is 5.60 Å². The van der Waals surface area contributed by atoms with E-state index in [2.05, 4.69) is 20.8 Å². The summed E-state index contributed by atoms with van der Waals surface area (Å²) in [5, 5.41) is 22.7. The molecule has 0 aromatic heterocycles. The maximum Gasteiger partial charge on any atom is 0.339 e. The van der Waals surface area contributed by atoms with E-state index in [1.165, 1.54) is 0 Å². The number of esters is 1. The van der Waals surface area contributed by atoms with Crippen LogP contribution in [0.4, 0.5) is 11.4 Å². The van der Waals surface area contributed by atoms with Crippen LogP contribution in [-0.2, 0) is 14.3 Å². The summed E-state index contributed by atoms with van der Waals surface area (Å²) in [5.74, 6) is -0.999. The first-order valence-corrected chi connectivity index (χ1v) is 11.9. The number of nitro groups is 2. The van der Waals surface area contributed by atoms with Gasteiger partial charge in [-0.1, -0.05) is 34.6 Å². The summed E-state index contributed by atoms with van der Waals surface area (Å²) < 4.78 is 12.7. The average molecular weight is 487 g/mol. The zero-order chi connectivity index (χ0) is 25.8. The second kappa shape index (κ2) is 6.66. The summed E-state index contributed by atoms with van der Waals surface area (Å²) in [6, 6.07) is 2.76. The number of non-ortho nitro benzene ring substituents is 2. The van der Waals surface area contributed by atoms with Gasteiger partial charge in [-0.25, -0.2) is 4.79 Å². The number of carbonyl (C=O) groups is 2. The Hall–Kier alpha value is -2.88. The van der Waals surface area contributed by atoms with Crippen LogP contribution in [0.15, 0.2) is 18.2 Å². The van der Waals surface area contributed by atoms with Gasteiger partial charge in [0.25, 0.3) is 11.4 Å². The highest BCUT2D eigenvalue weighted by atomic mass is 16.7. The van der Waals surface area contributed by atoms with E-state index in [0.29, 0.717) is 32.1 Å². The molecular formula is C25H30N2O8. The SMILES string of the molecule is CC1(C)C[C@]2(C)C[C@@](OC(=O)c3cc([N+](=O)[O-])cc([N+](=O)[O-])c3)(C1)[C@@]13O[C@@]1(CC(C)(C)CC3=O)C2. The zero-order valence-corrected chi connectivity index (χ0v) is 20.6. The van der Waals surface area contributed by atoms with Gasteiger partial charge in [-0.15, -0.1) is 0 Å². The van der Waals surface area contributed by atoms with E-state index in [-0.39, 0.29) is 27.6 Å². The van der Waals surface area contributed by atoms with Crippen LogP contribution in [0.5, 0.6) is 0 Å². The molecular weight excluding hydrogens is 456 g/mol. The van der Waals surface area contributed by atoms with Crippen LogP contribution in [0.1, 0.15) is 83.5 Å². The van der Waals surface area contributed by atoms with Gasteiger partial charge in [0.15, 0.2) is 17.0 Å². The average Bonchev–Trinajstić information content (AvgIpc) is 3.34. The number of hydrogen-bond donors (Lipinski definition) is 0. The molecule has 4 atom stereocenters. The summed E-state index contributed by atoms with van der Waals surface area (Å²) >= 11 is 0. The maximum absolute atomic E-state index is 13.7. The third kappa shape index (κ3) is 3.32. The van der Waals surface area contributed by atoms with E-state index in [1.54, 1.807) is 0 Å². The second-order valence-electron chi connectivity index (χ2n) is 13.0. The number of ether oxygens (including phenoxy) is 2.